The van der Waals surface area contributed by atoms with Gasteiger partial charge in [0.05, 0.1) is 11.9 Å². The number of aromatic amines is 1. The van der Waals surface area contributed by atoms with Crippen molar-refractivity contribution in [1.29, 1.82) is 0 Å². The van der Waals surface area contributed by atoms with Crippen LogP contribution in [0.3, 0.4) is 0 Å². The molecule has 2 N–H and O–H groups in total. The van der Waals surface area contributed by atoms with Gasteiger partial charge >= 0.3 is 0 Å². The summed E-state index contributed by atoms with van der Waals surface area (Å²) in [5.74, 6) is 1.38. The minimum absolute atomic E-state index is 0.0358. The molecule has 0 aliphatic carbocycles. The Bertz CT molecular complexity index is 1620. The van der Waals surface area contributed by atoms with Crippen LogP contribution in [-0.2, 0) is 4.79 Å². The number of amides is 1. The lowest BCUT2D eigenvalue weighted by atomic mass is 10.1. The normalized spacial score (nSPS) is 11.9. The average Bonchev–Trinajstić information content (AvgIpc) is 3.58. The second-order valence-electron chi connectivity index (χ2n) is 9.32. The first-order valence-corrected chi connectivity index (χ1v) is 14.2. The fourth-order valence-corrected chi connectivity index (χ4v) is 5.43. The number of Topliss-reactive ketones (excluding diaryl/α,β-unsaturated/α-hetero) is 1. The number of carbonyl (C=O) groups excluding carboxylic acids is 2. The molecular formula is C31H31N5O3S. The second-order valence-corrected chi connectivity index (χ2v) is 10.6. The van der Waals surface area contributed by atoms with E-state index in [-0.39, 0.29) is 11.7 Å². The van der Waals surface area contributed by atoms with Gasteiger partial charge in [-0.2, -0.15) is 0 Å². The zero-order valence-corrected chi connectivity index (χ0v) is 23.5. The van der Waals surface area contributed by atoms with Crippen LogP contribution in [0.2, 0.25) is 0 Å². The minimum Gasteiger partial charge on any atom is -0.494 e. The first-order chi connectivity index (χ1) is 19.5. The van der Waals surface area contributed by atoms with Gasteiger partial charge in [0, 0.05) is 46.0 Å². The summed E-state index contributed by atoms with van der Waals surface area (Å²) >= 11 is 1.36. The highest BCUT2D eigenvalue weighted by Gasteiger charge is 2.24. The van der Waals surface area contributed by atoms with Crippen LogP contribution in [0.4, 0.5) is 5.69 Å². The smallest absolute Gasteiger partial charge is 0.224 e. The summed E-state index contributed by atoms with van der Waals surface area (Å²) in [6.45, 7) is 6.36. The van der Waals surface area contributed by atoms with Crippen LogP contribution in [0.25, 0.3) is 28.0 Å². The van der Waals surface area contributed by atoms with Gasteiger partial charge < -0.3 is 15.0 Å². The molecule has 0 saturated carbocycles. The number of ether oxygens (including phenoxy) is 1. The van der Waals surface area contributed by atoms with Crippen LogP contribution in [0.1, 0.15) is 44.0 Å². The van der Waals surface area contributed by atoms with Crippen molar-refractivity contribution in [3.63, 3.8) is 0 Å². The maximum absolute atomic E-state index is 13.4. The number of ketones is 1. The number of carbonyl (C=O) groups is 2. The van der Waals surface area contributed by atoms with Crippen LogP contribution in [-0.4, -0.2) is 43.3 Å². The Labute approximate surface area is 237 Å². The number of anilines is 1. The number of fused-ring (bicyclic) bond motifs is 1. The first kappa shape index (κ1) is 27.2. The number of aromatic nitrogens is 4. The predicted molar refractivity (Wildman–Crippen MR) is 159 cm³/mol. The molecule has 40 heavy (non-hydrogen) atoms. The summed E-state index contributed by atoms with van der Waals surface area (Å²) in [4.78, 5) is 28.6. The lowest BCUT2D eigenvalue weighted by molar-refractivity contribution is -0.116. The number of thioether (sulfide) groups is 1. The molecule has 2 heterocycles. The van der Waals surface area contributed by atoms with E-state index in [4.69, 9.17) is 4.74 Å². The number of nitrogens with zero attached hydrogens (tertiary/aromatic N) is 3. The number of H-pyrrole nitrogens is 1. The summed E-state index contributed by atoms with van der Waals surface area (Å²) in [7, 11) is 0. The lowest BCUT2D eigenvalue weighted by Crippen LogP contribution is -2.15. The second kappa shape index (κ2) is 12.2. The van der Waals surface area contributed by atoms with E-state index >= 15 is 0 Å². The van der Waals surface area contributed by atoms with Gasteiger partial charge in [0.2, 0.25) is 5.91 Å². The summed E-state index contributed by atoms with van der Waals surface area (Å²) in [5.41, 5.74) is 4.03. The van der Waals surface area contributed by atoms with Crippen molar-refractivity contribution >= 4 is 40.0 Å². The predicted octanol–water partition coefficient (Wildman–Crippen LogP) is 6.92. The van der Waals surface area contributed by atoms with Gasteiger partial charge in [-0.25, -0.2) is 0 Å². The Morgan fingerprint density at radius 2 is 1.75 bits per heavy atom. The van der Waals surface area contributed by atoms with Gasteiger partial charge in [0.15, 0.2) is 16.8 Å². The molecule has 1 atom stereocenters. The molecule has 1 amide bonds. The highest BCUT2D eigenvalue weighted by atomic mass is 32.2. The van der Waals surface area contributed by atoms with Crippen LogP contribution >= 0.6 is 11.8 Å². The van der Waals surface area contributed by atoms with Gasteiger partial charge in [-0.3, -0.25) is 14.2 Å². The van der Waals surface area contributed by atoms with Crippen molar-refractivity contribution in [1.82, 2.24) is 19.7 Å². The van der Waals surface area contributed by atoms with Gasteiger partial charge in [0.1, 0.15) is 5.75 Å². The van der Waals surface area contributed by atoms with E-state index in [1.807, 2.05) is 80.1 Å². The van der Waals surface area contributed by atoms with E-state index in [0.717, 1.165) is 34.3 Å². The van der Waals surface area contributed by atoms with Crippen LogP contribution in [0.15, 0.2) is 84.1 Å². The molecule has 0 saturated heterocycles. The van der Waals surface area contributed by atoms with Gasteiger partial charge in [0.25, 0.3) is 0 Å². The Kier molecular flexibility index (Phi) is 8.31. The summed E-state index contributed by atoms with van der Waals surface area (Å²) < 4.78 is 7.61. The number of benzene rings is 3. The summed E-state index contributed by atoms with van der Waals surface area (Å²) in [6.07, 6.45) is 3.17. The molecule has 3 aromatic carbocycles. The fourth-order valence-electron chi connectivity index (χ4n) is 4.48. The minimum atomic E-state index is -0.429. The number of hydrogen-bond donors (Lipinski definition) is 2. The highest BCUT2D eigenvalue weighted by molar-refractivity contribution is 8.00. The van der Waals surface area contributed by atoms with E-state index in [9.17, 15) is 9.59 Å². The quantitative estimate of drug-likeness (QED) is 0.136. The van der Waals surface area contributed by atoms with E-state index in [1.54, 1.807) is 24.3 Å². The topological polar surface area (TPSA) is 102 Å². The SMILES string of the molecule is CCCC(=O)Nc1ccc(C(=O)C(C)Sc2nnc(-c3c[nH]c4ccccc34)n2-c2ccc(OCC)cc2)cc1. The number of rotatable bonds is 11. The van der Waals surface area contributed by atoms with Crippen molar-refractivity contribution in [2.75, 3.05) is 11.9 Å². The number of para-hydroxylation sites is 1. The highest BCUT2D eigenvalue weighted by Crippen LogP contribution is 2.34. The average molecular weight is 554 g/mol. The molecule has 0 fully saturated rings. The van der Waals surface area contributed by atoms with E-state index in [2.05, 4.69) is 20.5 Å². The van der Waals surface area contributed by atoms with Crippen molar-refractivity contribution in [2.45, 2.75) is 44.0 Å². The molecule has 0 spiro atoms. The Morgan fingerprint density at radius 3 is 2.48 bits per heavy atom. The fraction of sp³-hybridized carbons (Fsp3) is 0.226. The third-order valence-corrected chi connectivity index (χ3v) is 7.49. The third-order valence-electron chi connectivity index (χ3n) is 6.45. The number of nitrogens with one attached hydrogen (secondary N) is 2. The standard InChI is InChI=1S/C31H31N5O3S/c1-4-8-28(37)33-22-13-11-21(12-14-22)29(38)20(3)40-31-35-34-30(26-19-32-27-10-7-6-9-25(26)27)36(31)23-15-17-24(18-16-23)39-5-2/h6-7,9-20,32H,4-5,8H2,1-3H3,(H,33,37). The Balaban J connectivity index is 1.44. The number of hydrogen-bond acceptors (Lipinski definition) is 6. The maximum atomic E-state index is 13.4. The molecule has 0 aliphatic heterocycles. The van der Waals surface area contributed by atoms with Crippen molar-refractivity contribution in [3.05, 3.63) is 84.6 Å². The summed E-state index contributed by atoms with van der Waals surface area (Å²) in [5, 5.41) is 13.2. The van der Waals surface area contributed by atoms with Gasteiger partial charge in [-0.1, -0.05) is 36.9 Å². The maximum Gasteiger partial charge on any atom is 0.224 e. The lowest BCUT2D eigenvalue weighted by Gasteiger charge is -2.14. The van der Waals surface area contributed by atoms with E-state index < -0.39 is 5.25 Å². The monoisotopic (exact) mass is 553 g/mol. The zero-order valence-electron chi connectivity index (χ0n) is 22.7. The largest absolute Gasteiger partial charge is 0.494 e. The van der Waals surface area contributed by atoms with E-state index in [0.29, 0.717) is 35.3 Å². The third kappa shape index (κ3) is 5.79. The molecule has 9 heteroatoms. The van der Waals surface area contributed by atoms with Crippen LogP contribution < -0.4 is 10.1 Å². The van der Waals surface area contributed by atoms with Crippen LogP contribution in [0, 0.1) is 0 Å². The Hall–Kier alpha value is -4.37. The Morgan fingerprint density at radius 1 is 1.00 bits per heavy atom. The van der Waals surface area contributed by atoms with Gasteiger partial charge in [-0.15, -0.1) is 10.2 Å². The molecule has 0 bridgehead atoms. The van der Waals surface area contributed by atoms with Crippen molar-refractivity contribution < 1.29 is 14.3 Å². The molecule has 8 nitrogen and oxygen atoms in total. The molecule has 5 aromatic rings. The first-order valence-electron chi connectivity index (χ1n) is 13.3. The zero-order chi connectivity index (χ0) is 28.1. The molecule has 0 aliphatic rings. The molecule has 1 unspecified atom stereocenters. The van der Waals surface area contributed by atoms with Gasteiger partial charge in [-0.05, 0) is 74.9 Å². The molecule has 0 radical (unpaired) electrons. The molecule has 2 aromatic heterocycles. The van der Waals surface area contributed by atoms with Crippen molar-refractivity contribution in [2.24, 2.45) is 0 Å². The van der Waals surface area contributed by atoms with Crippen LogP contribution in [0.5, 0.6) is 5.75 Å². The summed E-state index contributed by atoms with van der Waals surface area (Å²) in [6, 6.07) is 22.8. The van der Waals surface area contributed by atoms with Crippen molar-refractivity contribution in [3.8, 4) is 22.8 Å². The molecule has 204 valence electrons. The molecule has 5 rings (SSSR count). The molecular weight excluding hydrogens is 522 g/mol. The van der Waals surface area contributed by atoms with E-state index in [1.165, 1.54) is 11.8 Å².